The first-order valence-electron chi connectivity index (χ1n) is 3.85. The molecule has 0 spiro atoms. The third-order valence-electron chi connectivity index (χ3n) is 1.47. The molecule has 0 aliphatic carbocycles. The predicted molar refractivity (Wildman–Crippen MR) is 57.4 cm³/mol. The quantitative estimate of drug-likeness (QED) is 0.766. The summed E-state index contributed by atoms with van der Waals surface area (Å²) in [6.07, 6.45) is 3.40. The summed E-state index contributed by atoms with van der Waals surface area (Å²) in [5.74, 6) is 0.741. The first-order valence-corrected chi connectivity index (χ1v) is 5.08. The molecule has 72 valence electrons. The number of anilines is 2. The predicted octanol–water partition coefficient (Wildman–Crippen LogP) is 2.04. The number of nitrogens with zero attached hydrogens (tertiary/aromatic N) is 3. The van der Waals surface area contributed by atoms with Crippen LogP contribution in [0.5, 0.6) is 0 Å². The van der Waals surface area contributed by atoms with Crippen LogP contribution in [0.4, 0.5) is 10.8 Å². The van der Waals surface area contributed by atoms with Crippen LogP contribution in [0.1, 0.15) is 5.82 Å². The Morgan fingerprint density at radius 1 is 1.43 bits per heavy atom. The van der Waals surface area contributed by atoms with E-state index in [0.29, 0.717) is 9.09 Å². The summed E-state index contributed by atoms with van der Waals surface area (Å²) >= 11 is 6.27. The van der Waals surface area contributed by atoms with Gasteiger partial charge < -0.3 is 5.32 Å². The fourth-order valence-corrected chi connectivity index (χ4v) is 1.67. The molecule has 0 aliphatic rings. The lowest BCUT2D eigenvalue weighted by Gasteiger charge is -1.99. The van der Waals surface area contributed by atoms with E-state index < -0.39 is 0 Å². The Labute approximate surface area is 89.2 Å². The Bertz CT molecular complexity index is 471. The summed E-state index contributed by atoms with van der Waals surface area (Å²) < 4.78 is 0.639. The van der Waals surface area contributed by atoms with E-state index >= 15 is 0 Å². The summed E-state index contributed by atoms with van der Waals surface area (Å²) in [6.45, 7) is 1.84. The van der Waals surface area contributed by atoms with Gasteiger partial charge in [0.05, 0.1) is 18.1 Å². The summed E-state index contributed by atoms with van der Waals surface area (Å²) in [6, 6.07) is 0. The maximum absolute atomic E-state index is 4.90. The third kappa shape index (κ3) is 2.12. The van der Waals surface area contributed by atoms with Gasteiger partial charge in [-0.25, -0.2) is 9.97 Å². The largest absolute Gasteiger partial charge is 0.328 e. The molecule has 0 amide bonds. The van der Waals surface area contributed by atoms with Crippen LogP contribution in [-0.2, 0) is 0 Å². The minimum Gasteiger partial charge on any atom is -0.328 e. The molecule has 2 N–H and O–H groups in total. The SMILES string of the molecule is Cc1ncc(Nc2n[nH]c(=S)s2)cn1. The second-order valence-electron chi connectivity index (χ2n) is 2.56. The van der Waals surface area contributed by atoms with E-state index in [-0.39, 0.29) is 0 Å². The average Bonchev–Trinajstić information content (AvgIpc) is 2.56. The molecule has 0 bridgehead atoms. The Morgan fingerprint density at radius 3 is 2.71 bits per heavy atom. The van der Waals surface area contributed by atoms with E-state index in [9.17, 15) is 0 Å². The van der Waals surface area contributed by atoms with Crippen molar-refractivity contribution in [3.05, 3.63) is 22.2 Å². The van der Waals surface area contributed by atoms with Crippen LogP contribution in [0.15, 0.2) is 12.4 Å². The summed E-state index contributed by atoms with van der Waals surface area (Å²) in [5.41, 5.74) is 0.799. The van der Waals surface area contributed by atoms with E-state index in [2.05, 4.69) is 25.5 Å². The Kier molecular flexibility index (Phi) is 2.51. The Balaban J connectivity index is 2.19. The van der Waals surface area contributed by atoms with Crippen LogP contribution < -0.4 is 5.32 Å². The molecule has 7 heteroatoms. The zero-order chi connectivity index (χ0) is 9.97. The molecule has 0 atom stereocenters. The number of aromatic nitrogens is 4. The summed E-state index contributed by atoms with van der Waals surface area (Å²) in [5, 5.41) is 10.4. The van der Waals surface area contributed by atoms with Crippen molar-refractivity contribution in [1.82, 2.24) is 20.2 Å². The van der Waals surface area contributed by atoms with Gasteiger partial charge in [0.25, 0.3) is 0 Å². The molecule has 2 heterocycles. The first-order chi connectivity index (χ1) is 6.74. The van der Waals surface area contributed by atoms with Crippen molar-refractivity contribution in [3.63, 3.8) is 0 Å². The number of aromatic amines is 1. The topological polar surface area (TPSA) is 66.5 Å². The molecule has 0 saturated carbocycles. The molecule has 5 nitrogen and oxygen atoms in total. The van der Waals surface area contributed by atoms with Gasteiger partial charge >= 0.3 is 0 Å². The van der Waals surface area contributed by atoms with Gasteiger partial charge in [-0.1, -0.05) is 11.3 Å². The average molecular weight is 225 g/mol. The number of rotatable bonds is 2. The highest BCUT2D eigenvalue weighted by atomic mass is 32.1. The molecule has 2 rings (SSSR count). The Morgan fingerprint density at radius 2 is 2.14 bits per heavy atom. The zero-order valence-corrected chi connectivity index (χ0v) is 8.95. The minimum absolute atomic E-state index is 0.639. The van der Waals surface area contributed by atoms with E-state index in [1.54, 1.807) is 12.4 Å². The summed E-state index contributed by atoms with van der Waals surface area (Å²) in [4.78, 5) is 8.10. The fourth-order valence-electron chi connectivity index (χ4n) is 0.864. The molecular weight excluding hydrogens is 218 g/mol. The van der Waals surface area contributed by atoms with E-state index in [4.69, 9.17) is 12.2 Å². The molecule has 0 saturated heterocycles. The van der Waals surface area contributed by atoms with Crippen molar-refractivity contribution in [1.29, 1.82) is 0 Å². The number of H-pyrrole nitrogens is 1. The van der Waals surface area contributed by atoms with Gasteiger partial charge in [-0.15, -0.1) is 5.10 Å². The Hall–Kier alpha value is -1.34. The third-order valence-corrected chi connectivity index (χ3v) is 2.47. The van der Waals surface area contributed by atoms with Gasteiger partial charge in [0.2, 0.25) is 5.13 Å². The van der Waals surface area contributed by atoms with Crippen molar-refractivity contribution < 1.29 is 0 Å². The van der Waals surface area contributed by atoms with Gasteiger partial charge in [0.1, 0.15) is 5.82 Å². The van der Waals surface area contributed by atoms with Gasteiger partial charge in [0.15, 0.2) is 3.95 Å². The van der Waals surface area contributed by atoms with Crippen molar-refractivity contribution >= 4 is 34.4 Å². The molecule has 14 heavy (non-hydrogen) atoms. The van der Waals surface area contributed by atoms with E-state index in [1.165, 1.54) is 11.3 Å². The van der Waals surface area contributed by atoms with Crippen LogP contribution in [0.3, 0.4) is 0 Å². The molecule has 2 aromatic heterocycles. The molecular formula is C7H7N5S2. The van der Waals surface area contributed by atoms with Crippen molar-refractivity contribution in [3.8, 4) is 0 Å². The molecule has 2 aromatic rings. The highest BCUT2D eigenvalue weighted by molar-refractivity contribution is 7.73. The number of hydrogen-bond donors (Lipinski definition) is 2. The van der Waals surface area contributed by atoms with Gasteiger partial charge in [-0.3, -0.25) is 5.10 Å². The smallest absolute Gasteiger partial charge is 0.208 e. The highest BCUT2D eigenvalue weighted by Crippen LogP contribution is 2.16. The normalized spacial score (nSPS) is 10.1. The molecule has 0 aromatic carbocycles. The highest BCUT2D eigenvalue weighted by Gasteiger charge is 1.98. The number of aryl methyl sites for hydroxylation is 1. The first kappa shape index (κ1) is 9.22. The van der Waals surface area contributed by atoms with Crippen LogP contribution >= 0.6 is 23.6 Å². The lowest BCUT2D eigenvalue weighted by Crippen LogP contribution is -1.93. The van der Waals surface area contributed by atoms with Crippen molar-refractivity contribution in [2.45, 2.75) is 6.92 Å². The summed E-state index contributed by atoms with van der Waals surface area (Å²) in [7, 11) is 0. The van der Waals surface area contributed by atoms with Gasteiger partial charge in [0, 0.05) is 0 Å². The lowest BCUT2D eigenvalue weighted by molar-refractivity contribution is 1.05. The molecule has 0 radical (unpaired) electrons. The van der Waals surface area contributed by atoms with Gasteiger partial charge in [-0.05, 0) is 19.1 Å². The van der Waals surface area contributed by atoms with Crippen LogP contribution in [0, 0.1) is 10.9 Å². The van der Waals surface area contributed by atoms with E-state index in [1.807, 2.05) is 6.92 Å². The minimum atomic E-state index is 0.639. The van der Waals surface area contributed by atoms with E-state index in [0.717, 1.165) is 11.5 Å². The van der Waals surface area contributed by atoms with Crippen molar-refractivity contribution in [2.75, 3.05) is 5.32 Å². The zero-order valence-electron chi connectivity index (χ0n) is 7.31. The maximum atomic E-state index is 4.90. The molecule has 0 aliphatic heterocycles. The van der Waals surface area contributed by atoms with Crippen LogP contribution in [0.25, 0.3) is 0 Å². The fraction of sp³-hybridized carbons (Fsp3) is 0.143. The van der Waals surface area contributed by atoms with Crippen LogP contribution in [0.2, 0.25) is 0 Å². The maximum Gasteiger partial charge on any atom is 0.208 e. The van der Waals surface area contributed by atoms with Gasteiger partial charge in [-0.2, -0.15) is 0 Å². The number of nitrogens with one attached hydrogen (secondary N) is 2. The molecule has 0 fully saturated rings. The number of hydrogen-bond acceptors (Lipinski definition) is 6. The standard InChI is InChI=1S/C7H7N5S2/c1-4-8-2-5(3-9-4)10-6-11-12-7(13)14-6/h2-3H,1H3,(H,10,11)(H,12,13). The lowest BCUT2D eigenvalue weighted by atomic mass is 10.5. The second-order valence-corrected chi connectivity index (χ2v) is 4.23. The van der Waals surface area contributed by atoms with Crippen LogP contribution in [-0.4, -0.2) is 20.2 Å². The second kappa shape index (κ2) is 3.81. The van der Waals surface area contributed by atoms with Crippen molar-refractivity contribution in [2.24, 2.45) is 0 Å². The molecule has 0 unspecified atom stereocenters. The monoisotopic (exact) mass is 225 g/mol.